The van der Waals surface area contributed by atoms with Gasteiger partial charge in [-0.15, -0.1) is 0 Å². The molecule has 0 aromatic carbocycles. The van der Waals surface area contributed by atoms with Crippen LogP contribution in [0.4, 0.5) is 0 Å². The molecule has 45 heavy (non-hydrogen) atoms. The third kappa shape index (κ3) is 10.2. The highest BCUT2D eigenvalue weighted by Gasteiger charge is 2.45. The summed E-state index contributed by atoms with van der Waals surface area (Å²) in [4.78, 5) is 24.5. The number of ketones is 2. The molecule has 0 aliphatic heterocycles. The lowest BCUT2D eigenvalue weighted by atomic mass is 9.69. The molecular weight excluding hydrogens is 560 g/mol. The summed E-state index contributed by atoms with van der Waals surface area (Å²) < 4.78 is 0. The normalized spacial score (nSPS) is 25.9. The second kappa shape index (κ2) is 16.1. The van der Waals surface area contributed by atoms with E-state index in [1.165, 1.54) is 0 Å². The lowest BCUT2D eigenvalue weighted by molar-refractivity contribution is -0.135. The molecule has 0 radical (unpaired) electrons. The van der Waals surface area contributed by atoms with Gasteiger partial charge in [0, 0.05) is 5.41 Å². The number of aliphatic hydroxyl groups is 3. The Morgan fingerprint density at radius 3 is 1.51 bits per heavy atom. The Morgan fingerprint density at radius 1 is 0.622 bits per heavy atom. The van der Waals surface area contributed by atoms with Crippen molar-refractivity contribution in [1.29, 1.82) is 0 Å². The van der Waals surface area contributed by atoms with Crippen LogP contribution >= 0.6 is 0 Å². The first-order valence-corrected chi connectivity index (χ1v) is 15.5. The molecule has 0 bridgehead atoms. The van der Waals surface area contributed by atoms with Crippen LogP contribution in [-0.2, 0) is 9.59 Å². The molecule has 0 spiro atoms. The van der Waals surface area contributed by atoms with Gasteiger partial charge in [-0.1, -0.05) is 135 Å². The van der Waals surface area contributed by atoms with Gasteiger partial charge < -0.3 is 15.3 Å². The number of carbonyl (C=O) groups is 2. The van der Waals surface area contributed by atoms with Gasteiger partial charge in [-0.25, -0.2) is 0 Å². The molecule has 3 N–H and O–H groups in total. The number of hydrogen-bond acceptors (Lipinski definition) is 5. The zero-order chi connectivity index (χ0) is 34.1. The minimum absolute atomic E-state index is 0.181. The Kier molecular flexibility index (Phi) is 13.4. The van der Waals surface area contributed by atoms with Gasteiger partial charge in [-0.05, 0) is 75.7 Å². The topological polar surface area (TPSA) is 94.8 Å². The van der Waals surface area contributed by atoms with E-state index in [-0.39, 0.29) is 11.2 Å². The van der Waals surface area contributed by atoms with Crippen molar-refractivity contribution >= 4 is 11.6 Å². The Morgan fingerprint density at radius 2 is 1.02 bits per heavy atom. The molecule has 2 aliphatic carbocycles. The third-order valence-corrected chi connectivity index (χ3v) is 8.58. The number of carbonyl (C=O) groups excluding carboxylic acids is 2. The third-order valence-electron chi connectivity index (χ3n) is 8.58. The molecule has 5 heteroatoms. The van der Waals surface area contributed by atoms with E-state index < -0.39 is 29.5 Å². The molecule has 0 saturated heterocycles. The van der Waals surface area contributed by atoms with Crippen LogP contribution in [-0.4, -0.2) is 45.2 Å². The summed E-state index contributed by atoms with van der Waals surface area (Å²) in [5.74, 6) is -0.609. The van der Waals surface area contributed by atoms with Gasteiger partial charge in [0.15, 0.2) is 11.6 Å². The van der Waals surface area contributed by atoms with Crippen LogP contribution < -0.4 is 0 Å². The summed E-state index contributed by atoms with van der Waals surface area (Å²) in [6.45, 7) is 19.3. The molecule has 0 aromatic rings. The van der Waals surface area contributed by atoms with Gasteiger partial charge in [-0.2, -0.15) is 0 Å². The second-order valence-electron chi connectivity index (χ2n) is 13.4. The number of allylic oxidation sites excluding steroid dienone is 19. The quantitative estimate of drug-likeness (QED) is 0.218. The maximum atomic E-state index is 12.3. The SMILES string of the molecule is CC1=C(/C=C/C(C)=C/C=C/C(C)=C/C=C/C=C(C)/C=C/C=C(C)/C=C/C2=C(C)C(=O)C(O)C(O)C2(C)C)C(C)(C)C[C@H](O)C1=O. The fourth-order valence-electron chi connectivity index (χ4n) is 5.57. The molecular formula is C40H52O5. The summed E-state index contributed by atoms with van der Waals surface area (Å²) in [5, 5.41) is 30.5. The maximum absolute atomic E-state index is 12.3. The summed E-state index contributed by atoms with van der Waals surface area (Å²) in [5.41, 5.74) is 6.09. The van der Waals surface area contributed by atoms with E-state index in [4.69, 9.17) is 0 Å². The monoisotopic (exact) mass is 612 g/mol. The Labute approximate surface area is 270 Å². The Balaban J connectivity index is 1.97. The highest BCUT2D eigenvalue weighted by atomic mass is 16.3. The highest BCUT2D eigenvalue weighted by molar-refractivity contribution is 6.01. The van der Waals surface area contributed by atoms with Crippen molar-refractivity contribution < 1.29 is 24.9 Å². The van der Waals surface area contributed by atoms with Crippen molar-refractivity contribution in [3.63, 3.8) is 0 Å². The van der Waals surface area contributed by atoms with Crippen molar-refractivity contribution in [1.82, 2.24) is 0 Å². The average Bonchev–Trinajstić information content (AvgIpc) is 2.95. The summed E-state index contributed by atoms with van der Waals surface area (Å²) in [6, 6.07) is 0. The van der Waals surface area contributed by atoms with Gasteiger partial charge >= 0.3 is 0 Å². The predicted molar refractivity (Wildman–Crippen MR) is 186 cm³/mol. The molecule has 242 valence electrons. The Bertz CT molecular complexity index is 1490. The first kappa shape index (κ1) is 37.5. The zero-order valence-electron chi connectivity index (χ0n) is 28.7. The van der Waals surface area contributed by atoms with Gasteiger partial charge in [-0.3, -0.25) is 9.59 Å². The summed E-state index contributed by atoms with van der Waals surface area (Å²) in [6.07, 6.45) is 24.9. The molecule has 0 amide bonds. The average molecular weight is 613 g/mol. The molecule has 0 fully saturated rings. The van der Waals surface area contributed by atoms with Crippen LogP contribution in [0, 0.1) is 10.8 Å². The minimum atomic E-state index is -1.38. The van der Waals surface area contributed by atoms with Crippen LogP contribution in [0.15, 0.2) is 130 Å². The molecule has 2 aliphatic rings. The van der Waals surface area contributed by atoms with Gasteiger partial charge in [0.05, 0.1) is 6.10 Å². The van der Waals surface area contributed by atoms with Crippen molar-refractivity contribution in [2.45, 2.75) is 94.0 Å². The predicted octanol–water partition coefficient (Wildman–Crippen LogP) is 7.88. The molecule has 3 atom stereocenters. The fraction of sp³-hybridized carbons (Fsp3) is 0.400. The highest BCUT2D eigenvalue weighted by Crippen LogP contribution is 2.41. The van der Waals surface area contributed by atoms with E-state index in [2.05, 4.69) is 13.8 Å². The minimum Gasteiger partial charge on any atom is -0.389 e. The van der Waals surface area contributed by atoms with Crippen LogP contribution in [0.1, 0.15) is 75.7 Å². The van der Waals surface area contributed by atoms with Crippen molar-refractivity contribution in [2.24, 2.45) is 10.8 Å². The van der Waals surface area contributed by atoms with Crippen LogP contribution in [0.2, 0.25) is 0 Å². The zero-order valence-corrected chi connectivity index (χ0v) is 28.7. The number of aliphatic hydroxyl groups excluding tert-OH is 3. The molecule has 2 unspecified atom stereocenters. The summed E-state index contributed by atoms with van der Waals surface area (Å²) >= 11 is 0. The van der Waals surface area contributed by atoms with Gasteiger partial charge in [0.1, 0.15) is 12.2 Å². The molecule has 0 aromatic heterocycles. The molecule has 0 saturated carbocycles. The van der Waals surface area contributed by atoms with E-state index in [0.717, 1.165) is 33.4 Å². The molecule has 0 heterocycles. The first-order valence-electron chi connectivity index (χ1n) is 15.5. The van der Waals surface area contributed by atoms with E-state index >= 15 is 0 Å². The van der Waals surface area contributed by atoms with E-state index in [1.807, 2.05) is 127 Å². The fourth-order valence-corrected chi connectivity index (χ4v) is 5.57. The van der Waals surface area contributed by atoms with Crippen LogP contribution in [0.25, 0.3) is 0 Å². The van der Waals surface area contributed by atoms with Gasteiger partial charge in [0.25, 0.3) is 0 Å². The molecule has 5 nitrogen and oxygen atoms in total. The summed E-state index contributed by atoms with van der Waals surface area (Å²) in [7, 11) is 0. The molecule has 2 rings (SSSR count). The smallest absolute Gasteiger partial charge is 0.189 e. The van der Waals surface area contributed by atoms with Crippen molar-refractivity contribution in [2.75, 3.05) is 0 Å². The van der Waals surface area contributed by atoms with E-state index in [1.54, 1.807) is 13.8 Å². The van der Waals surface area contributed by atoms with E-state index in [0.29, 0.717) is 17.6 Å². The second-order valence-corrected chi connectivity index (χ2v) is 13.4. The standard InChI is InChI=1S/C40H52O5/c1-26(17-13-19-28(3)21-23-32-30(5)35(42)34(41)25-39(32,7)8)15-11-12-16-27(2)18-14-20-29(4)22-24-33-31(6)36(43)37(44)38(45)40(33,9)10/h11-24,34,37-38,41,44-45H,25H2,1-10H3/b12-11+,17-13+,18-14+,23-21+,24-22+,26-15+,27-16+,28-19+,29-20+/t34-,37?,38?/m0/s1. The van der Waals surface area contributed by atoms with Crippen molar-refractivity contribution in [3.8, 4) is 0 Å². The first-order chi connectivity index (χ1) is 20.9. The van der Waals surface area contributed by atoms with Crippen LogP contribution in [0.3, 0.4) is 0 Å². The lowest BCUT2D eigenvalue weighted by Crippen LogP contribution is -2.49. The lowest BCUT2D eigenvalue weighted by Gasteiger charge is -2.39. The van der Waals surface area contributed by atoms with Gasteiger partial charge in [0.2, 0.25) is 0 Å². The number of rotatable bonds is 10. The maximum Gasteiger partial charge on any atom is 0.189 e. The van der Waals surface area contributed by atoms with E-state index in [9.17, 15) is 24.9 Å². The van der Waals surface area contributed by atoms with Crippen molar-refractivity contribution in [3.05, 3.63) is 130 Å². The Hall–Kier alpha value is -3.64. The van der Waals surface area contributed by atoms with Crippen LogP contribution in [0.5, 0.6) is 0 Å². The largest absolute Gasteiger partial charge is 0.389 e. The number of Topliss-reactive ketones (excluding diaryl/α,β-unsaturated/α-hetero) is 2. The number of hydrogen-bond donors (Lipinski definition) is 3.